The molecule has 19 heavy (non-hydrogen) atoms. The summed E-state index contributed by atoms with van der Waals surface area (Å²) in [6, 6.07) is 3.69. The zero-order chi connectivity index (χ0) is 13.7. The molecule has 0 spiro atoms. The largest absolute Gasteiger partial charge is 0.477 e. The molecule has 1 aromatic rings. The SMILES string of the molecule is O=C(CCNC1CC1)NCc1ccc(C(=O)O)nc1. The van der Waals surface area contributed by atoms with E-state index in [0.29, 0.717) is 25.6 Å². The first-order valence-electron chi connectivity index (χ1n) is 6.33. The minimum Gasteiger partial charge on any atom is -0.477 e. The second-order valence-electron chi connectivity index (χ2n) is 4.61. The van der Waals surface area contributed by atoms with Crippen LogP contribution in [-0.2, 0) is 11.3 Å². The molecule has 102 valence electrons. The number of amides is 1. The molecule has 3 N–H and O–H groups in total. The number of carbonyl (C=O) groups is 2. The molecule has 1 aliphatic carbocycles. The van der Waals surface area contributed by atoms with Gasteiger partial charge in [0.05, 0.1) is 0 Å². The highest BCUT2D eigenvalue weighted by molar-refractivity contribution is 5.85. The molecule has 1 fully saturated rings. The van der Waals surface area contributed by atoms with E-state index in [4.69, 9.17) is 5.11 Å². The number of nitrogens with one attached hydrogen (secondary N) is 2. The molecule has 6 nitrogen and oxygen atoms in total. The maximum absolute atomic E-state index is 11.5. The molecular weight excluding hydrogens is 246 g/mol. The van der Waals surface area contributed by atoms with Crippen molar-refractivity contribution in [1.82, 2.24) is 15.6 Å². The molecule has 1 aromatic heterocycles. The van der Waals surface area contributed by atoms with Crippen LogP contribution in [0.3, 0.4) is 0 Å². The van der Waals surface area contributed by atoms with Gasteiger partial charge in [-0.3, -0.25) is 4.79 Å². The fourth-order valence-corrected chi connectivity index (χ4v) is 1.62. The standard InChI is InChI=1S/C13H17N3O3/c17-12(5-6-14-10-2-3-10)16-8-9-1-4-11(13(18)19)15-7-9/h1,4,7,10,14H,2-3,5-6,8H2,(H,16,17)(H,18,19). The van der Waals surface area contributed by atoms with Crippen LogP contribution in [0.5, 0.6) is 0 Å². The van der Waals surface area contributed by atoms with Gasteiger partial charge in [0.2, 0.25) is 5.91 Å². The van der Waals surface area contributed by atoms with Gasteiger partial charge in [-0.2, -0.15) is 0 Å². The van der Waals surface area contributed by atoms with E-state index in [1.165, 1.54) is 25.1 Å². The van der Waals surface area contributed by atoms with Crippen molar-refractivity contribution >= 4 is 11.9 Å². The lowest BCUT2D eigenvalue weighted by Gasteiger charge is -2.06. The van der Waals surface area contributed by atoms with Crippen LogP contribution >= 0.6 is 0 Å². The molecule has 0 aliphatic heterocycles. The number of rotatable bonds is 7. The molecule has 0 radical (unpaired) electrons. The first kappa shape index (κ1) is 13.5. The molecule has 0 atom stereocenters. The van der Waals surface area contributed by atoms with Crippen molar-refractivity contribution in [3.8, 4) is 0 Å². The number of carbonyl (C=O) groups excluding carboxylic acids is 1. The number of hydrogen-bond acceptors (Lipinski definition) is 4. The second-order valence-corrected chi connectivity index (χ2v) is 4.61. The summed E-state index contributed by atoms with van der Waals surface area (Å²) in [6.45, 7) is 1.07. The van der Waals surface area contributed by atoms with Gasteiger partial charge in [0.15, 0.2) is 0 Å². The Labute approximate surface area is 111 Å². The van der Waals surface area contributed by atoms with Gasteiger partial charge in [-0.05, 0) is 24.5 Å². The van der Waals surface area contributed by atoms with Crippen LogP contribution in [0.15, 0.2) is 18.3 Å². The summed E-state index contributed by atoms with van der Waals surface area (Å²) < 4.78 is 0. The molecule has 2 rings (SSSR count). The predicted octanol–water partition coefficient (Wildman–Crippen LogP) is 0.538. The van der Waals surface area contributed by atoms with Crippen LogP contribution in [0.4, 0.5) is 0 Å². The van der Waals surface area contributed by atoms with Crippen LogP contribution in [0.2, 0.25) is 0 Å². The molecule has 0 bridgehead atoms. The fourth-order valence-electron chi connectivity index (χ4n) is 1.62. The third kappa shape index (κ3) is 4.67. The van der Waals surface area contributed by atoms with Gasteiger partial charge in [-0.25, -0.2) is 9.78 Å². The van der Waals surface area contributed by atoms with Crippen molar-refractivity contribution < 1.29 is 14.7 Å². The van der Waals surface area contributed by atoms with E-state index in [1.807, 2.05) is 0 Å². The topological polar surface area (TPSA) is 91.3 Å². The minimum absolute atomic E-state index is 0.00344. The molecule has 0 saturated heterocycles. The van der Waals surface area contributed by atoms with E-state index in [1.54, 1.807) is 6.07 Å². The normalized spacial score (nSPS) is 14.1. The van der Waals surface area contributed by atoms with Crippen molar-refractivity contribution in [3.63, 3.8) is 0 Å². The Morgan fingerprint density at radius 1 is 1.37 bits per heavy atom. The van der Waals surface area contributed by atoms with E-state index >= 15 is 0 Å². The fraction of sp³-hybridized carbons (Fsp3) is 0.462. The Morgan fingerprint density at radius 3 is 2.74 bits per heavy atom. The Hall–Kier alpha value is -1.95. The van der Waals surface area contributed by atoms with Crippen LogP contribution in [0, 0.1) is 0 Å². The number of aromatic carboxylic acids is 1. The lowest BCUT2D eigenvalue weighted by molar-refractivity contribution is -0.121. The molecule has 1 aliphatic rings. The number of hydrogen-bond donors (Lipinski definition) is 3. The molecule has 0 unspecified atom stereocenters. The number of pyridine rings is 1. The summed E-state index contributed by atoms with van der Waals surface area (Å²) in [5, 5.41) is 14.7. The average Bonchev–Trinajstić information content (AvgIpc) is 3.21. The van der Waals surface area contributed by atoms with Gasteiger partial charge < -0.3 is 15.7 Å². The molecule has 0 aromatic carbocycles. The van der Waals surface area contributed by atoms with Crippen LogP contribution in [-0.4, -0.2) is 34.6 Å². The van der Waals surface area contributed by atoms with Gasteiger partial charge in [-0.15, -0.1) is 0 Å². The summed E-state index contributed by atoms with van der Waals surface area (Å²) in [7, 11) is 0. The highest BCUT2D eigenvalue weighted by atomic mass is 16.4. The van der Waals surface area contributed by atoms with Crippen LogP contribution < -0.4 is 10.6 Å². The Morgan fingerprint density at radius 2 is 2.16 bits per heavy atom. The first-order valence-corrected chi connectivity index (χ1v) is 6.33. The van der Waals surface area contributed by atoms with Crippen LogP contribution in [0.1, 0.15) is 35.3 Å². The molecule has 6 heteroatoms. The molecular formula is C13H17N3O3. The van der Waals surface area contributed by atoms with E-state index in [-0.39, 0.29) is 11.6 Å². The van der Waals surface area contributed by atoms with Gasteiger partial charge in [0.1, 0.15) is 5.69 Å². The maximum Gasteiger partial charge on any atom is 0.354 e. The first-order chi connectivity index (χ1) is 9.15. The number of aromatic nitrogens is 1. The van der Waals surface area contributed by atoms with E-state index < -0.39 is 5.97 Å². The van der Waals surface area contributed by atoms with Crippen molar-refractivity contribution in [2.45, 2.75) is 31.8 Å². The second kappa shape index (κ2) is 6.29. The quantitative estimate of drug-likeness (QED) is 0.668. The van der Waals surface area contributed by atoms with Gasteiger partial charge in [0, 0.05) is 31.7 Å². The average molecular weight is 263 g/mol. The van der Waals surface area contributed by atoms with Crippen LogP contribution in [0.25, 0.3) is 0 Å². The number of carboxylic acids is 1. The van der Waals surface area contributed by atoms with E-state index in [0.717, 1.165) is 5.56 Å². The van der Waals surface area contributed by atoms with Crippen molar-refractivity contribution in [3.05, 3.63) is 29.6 Å². The Balaban J connectivity index is 1.68. The number of nitrogens with zero attached hydrogens (tertiary/aromatic N) is 1. The minimum atomic E-state index is -1.05. The van der Waals surface area contributed by atoms with Crippen molar-refractivity contribution in [2.75, 3.05) is 6.54 Å². The summed E-state index contributed by atoms with van der Waals surface area (Å²) in [5.41, 5.74) is 0.789. The summed E-state index contributed by atoms with van der Waals surface area (Å²) >= 11 is 0. The lowest BCUT2D eigenvalue weighted by atomic mass is 10.2. The van der Waals surface area contributed by atoms with E-state index in [2.05, 4.69) is 15.6 Å². The lowest BCUT2D eigenvalue weighted by Crippen LogP contribution is -2.28. The molecule has 1 saturated carbocycles. The highest BCUT2D eigenvalue weighted by Crippen LogP contribution is 2.18. The Bertz CT molecular complexity index is 455. The van der Waals surface area contributed by atoms with E-state index in [9.17, 15) is 9.59 Å². The zero-order valence-electron chi connectivity index (χ0n) is 10.6. The molecule has 1 amide bonds. The highest BCUT2D eigenvalue weighted by Gasteiger charge is 2.19. The summed E-state index contributed by atoms with van der Waals surface area (Å²) in [6.07, 6.45) is 4.34. The smallest absolute Gasteiger partial charge is 0.354 e. The van der Waals surface area contributed by atoms with Crippen molar-refractivity contribution in [2.24, 2.45) is 0 Å². The van der Waals surface area contributed by atoms with Crippen molar-refractivity contribution in [1.29, 1.82) is 0 Å². The van der Waals surface area contributed by atoms with Gasteiger partial charge in [0.25, 0.3) is 0 Å². The summed E-state index contributed by atoms with van der Waals surface area (Å²) in [5.74, 6) is -1.07. The summed E-state index contributed by atoms with van der Waals surface area (Å²) in [4.78, 5) is 25.9. The zero-order valence-corrected chi connectivity index (χ0v) is 10.6. The Kier molecular flexibility index (Phi) is 4.46. The monoisotopic (exact) mass is 263 g/mol. The number of carboxylic acid groups (broad SMARTS) is 1. The predicted molar refractivity (Wildman–Crippen MR) is 68.7 cm³/mol. The van der Waals surface area contributed by atoms with Gasteiger partial charge in [-0.1, -0.05) is 6.07 Å². The third-order valence-corrected chi connectivity index (χ3v) is 2.90. The van der Waals surface area contributed by atoms with Gasteiger partial charge >= 0.3 is 5.97 Å². The molecule has 1 heterocycles. The maximum atomic E-state index is 11.5. The third-order valence-electron chi connectivity index (χ3n) is 2.90.